The SMILES string of the molecule is NCCN(C(CC(=O)O)C(=O)O)C(CC(=O)O)C(=O)O. The van der Waals surface area contributed by atoms with Crippen LogP contribution >= 0.6 is 0 Å². The van der Waals surface area contributed by atoms with Crippen LogP contribution in [0.3, 0.4) is 0 Å². The van der Waals surface area contributed by atoms with E-state index in [0.717, 1.165) is 4.90 Å². The van der Waals surface area contributed by atoms with Crippen molar-refractivity contribution in [3.05, 3.63) is 0 Å². The first-order valence-electron chi connectivity index (χ1n) is 5.55. The summed E-state index contributed by atoms with van der Waals surface area (Å²) >= 11 is 0. The molecule has 0 heterocycles. The number of hydrogen-bond donors (Lipinski definition) is 5. The van der Waals surface area contributed by atoms with Crippen molar-refractivity contribution < 1.29 is 39.6 Å². The van der Waals surface area contributed by atoms with E-state index >= 15 is 0 Å². The highest BCUT2D eigenvalue weighted by Gasteiger charge is 2.37. The minimum Gasteiger partial charge on any atom is -0.481 e. The molecule has 0 aliphatic rings. The summed E-state index contributed by atoms with van der Waals surface area (Å²) in [7, 11) is 0. The molecule has 6 N–H and O–H groups in total. The van der Waals surface area contributed by atoms with Crippen LogP contribution in [0, 0.1) is 0 Å². The van der Waals surface area contributed by atoms with Gasteiger partial charge in [0, 0.05) is 13.1 Å². The molecule has 0 amide bonds. The van der Waals surface area contributed by atoms with Crippen LogP contribution in [0.5, 0.6) is 0 Å². The highest BCUT2D eigenvalue weighted by molar-refractivity contribution is 5.84. The molecule has 0 aromatic rings. The molecule has 0 saturated heterocycles. The summed E-state index contributed by atoms with van der Waals surface area (Å²) < 4.78 is 0. The van der Waals surface area contributed by atoms with Crippen LogP contribution < -0.4 is 5.73 Å². The zero-order valence-corrected chi connectivity index (χ0v) is 10.4. The molecule has 114 valence electrons. The predicted molar refractivity (Wildman–Crippen MR) is 63.1 cm³/mol. The fourth-order valence-corrected chi connectivity index (χ4v) is 1.70. The molecule has 0 aliphatic heterocycles. The van der Waals surface area contributed by atoms with Crippen molar-refractivity contribution in [3.8, 4) is 0 Å². The van der Waals surface area contributed by atoms with Crippen molar-refractivity contribution >= 4 is 23.9 Å². The largest absolute Gasteiger partial charge is 0.481 e. The third kappa shape index (κ3) is 5.63. The number of nitrogens with zero attached hydrogens (tertiary/aromatic N) is 1. The fraction of sp³-hybridized carbons (Fsp3) is 0.600. The lowest BCUT2D eigenvalue weighted by atomic mass is 10.1. The Balaban J connectivity index is 5.40. The minimum absolute atomic E-state index is 0.146. The second kappa shape index (κ2) is 8.07. The topological polar surface area (TPSA) is 178 Å². The number of carboxylic acid groups (broad SMARTS) is 4. The lowest BCUT2D eigenvalue weighted by molar-refractivity contribution is -0.158. The van der Waals surface area contributed by atoms with Gasteiger partial charge in [0.1, 0.15) is 12.1 Å². The average Bonchev–Trinajstić information content (AvgIpc) is 2.29. The first kappa shape index (κ1) is 17.8. The molecule has 2 atom stereocenters. The Morgan fingerprint density at radius 1 is 0.850 bits per heavy atom. The molecule has 0 spiro atoms. The molecule has 2 unspecified atom stereocenters. The second-order valence-corrected chi connectivity index (χ2v) is 3.93. The van der Waals surface area contributed by atoms with Gasteiger partial charge in [-0.25, -0.2) is 0 Å². The molecule has 0 saturated carbocycles. The molecule has 0 radical (unpaired) electrons. The highest BCUT2D eigenvalue weighted by Crippen LogP contribution is 2.13. The van der Waals surface area contributed by atoms with E-state index < -0.39 is 48.8 Å². The summed E-state index contributed by atoms with van der Waals surface area (Å²) in [6.07, 6.45) is -1.72. The van der Waals surface area contributed by atoms with Crippen molar-refractivity contribution in [2.45, 2.75) is 24.9 Å². The zero-order chi connectivity index (χ0) is 15.9. The monoisotopic (exact) mass is 292 g/mol. The quantitative estimate of drug-likeness (QED) is 0.305. The summed E-state index contributed by atoms with van der Waals surface area (Å²) in [5.41, 5.74) is 5.24. The first-order valence-corrected chi connectivity index (χ1v) is 5.55. The maximum atomic E-state index is 11.1. The first-order chi connectivity index (χ1) is 9.20. The Kier molecular flexibility index (Phi) is 7.18. The lowest BCUT2D eigenvalue weighted by Crippen LogP contribution is -2.53. The zero-order valence-electron chi connectivity index (χ0n) is 10.4. The predicted octanol–water partition coefficient (Wildman–Crippen LogP) is -1.90. The van der Waals surface area contributed by atoms with Gasteiger partial charge in [-0.2, -0.15) is 0 Å². The summed E-state index contributed by atoms with van der Waals surface area (Å²) in [5, 5.41) is 35.3. The molecule has 10 nitrogen and oxygen atoms in total. The van der Waals surface area contributed by atoms with Gasteiger partial charge in [-0.3, -0.25) is 24.1 Å². The van der Waals surface area contributed by atoms with E-state index in [1.165, 1.54) is 0 Å². The Morgan fingerprint density at radius 2 is 1.20 bits per heavy atom. The molecular weight excluding hydrogens is 276 g/mol. The highest BCUT2D eigenvalue weighted by atomic mass is 16.4. The standard InChI is InChI=1S/C10H16N2O8/c11-1-2-12(5(9(17)18)3-7(13)14)6(10(19)20)4-8(15)16/h5-6H,1-4,11H2,(H,13,14)(H,15,16)(H,17,18)(H,19,20). The van der Waals surface area contributed by atoms with E-state index in [9.17, 15) is 19.2 Å². The lowest BCUT2D eigenvalue weighted by Gasteiger charge is -2.31. The van der Waals surface area contributed by atoms with Gasteiger partial charge >= 0.3 is 23.9 Å². The molecule has 0 bridgehead atoms. The van der Waals surface area contributed by atoms with E-state index in [2.05, 4.69) is 0 Å². The van der Waals surface area contributed by atoms with E-state index in [1.54, 1.807) is 0 Å². The molecular formula is C10H16N2O8. The van der Waals surface area contributed by atoms with Crippen molar-refractivity contribution in [1.82, 2.24) is 4.90 Å². The second-order valence-electron chi connectivity index (χ2n) is 3.93. The van der Waals surface area contributed by atoms with Crippen LogP contribution in [-0.2, 0) is 19.2 Å². The van der Waals surface area contributed by atoms with Gasteiger partial charge in [-0.15, -0.1) is 0 Å². The number of rotatable bonds is 10. The van der Waals surface area contributed by atoms with Gasteiger partial charge in [-0.1, -0.05) is 0 Å². The van der Waals surface area contributed by atoms with Gasteiger partial charge in [-0.05, 0) is 0 Å². The molecule has 10 heteroatoms. The van der Waals surface area contributed by atoms with Gasteiger partial charge in [0.05, 0.1) is 12.8 Å². The normalized spacial score (nSPS) is 13.7. The van der Waals surface area contributed by atoms with Gasteiger partial charge < -0.3 is 26.2 Å². The summed E-state index contributed by atoms with van der Waals surface area (Å²) in [4.78, 5) is 44.2. The van der Waals surface area contributed by atoms with Crippen LogP contribution in [-0.4, -0.2) is 74.4 Å². The number of aliphatic carboxylic acids is 4. The van der Waals surface area contributed by atoms with Crippen molar-refractivity contribution in [1.29, 1.82) is 0 Å². The number of carbonyl (C=O) groups is 4. The van der Waals surface area contributed by atoms with Gasteiger partial charge in [0.15, 0.2) is 0 Å². The summed E-state index contributed by atoms with van der Waals surface area (Å²) in [5.74, 6) is -6.01. The third-order valence-corrected chi connectivity index (χ3v) is 2.49. The van der Waals surface area contributed by atoms with Crippen molar-refractivity contribution in [3.63, 3.8) is 0 Å². The van der Waals surface area contributed by atoms with Crippen LogP contribution in [0.2, 0.25) is 0 Å². The molecule has 20 heavy (non-hydrogen) atoms. The summed E-state index contributed by atoms with van der Waals surface area (Å²) in [6, 6.07) is -3.34. The smallest absolute Gasteiger partial charge is 0.321 e. The maximum absolute atomic E-state index is 11.1. The third-order valence-electron chi connectivity index (χ3n) is 2.49. The summed E-state index contributed by atoms with van der Waals surface area (Å²) in [6.45, 7) is -0.401. The Morgan fingerprint density at radius 3 is 1.40 bits per heavy atom. The molecule has 0 aromatic heterocycles. The molecule has 0 rings (SSSR count). The van der Waals surface area contributed by atoms with Gasteiger partial charge in [0.2, 0.25) is 0 Å². The van der Waals surface area contributed by atoms with E-state index in [-0.39, 0.29) is 13.1 Å². The minimum atomic E-state index is -1.67. The van der Waals surface area contributed by atoms with Gasteiger partial charge in [0.25, 0.3) is 0 Å². The van der Waals surface area contributed by atoms with Crippen LogP contribution in [0.1, 0.15) is 12.8 Å². The van der Waals surface area contributed by atoms with E-state index in [4.69, 9.17) is 26.2 Å². The molecule has 0 fully saturated rings. The van der Waals surface area contributed by atoms with Crippen LogP contribution in [0.4, 0.5) is 0 Å². The molecule has 0 aliphatic carbocycles. The van der Waals surface area contributed by atoms with Crippen LogP contribution in [0.15, 0.2) is 0 Å². The number of nitrogens with two attached hydrogens (primary N) is 1. The Hall–Kier alpha value is -2.20. The van der Waals surface area contributed by atoms with Crippen molar-refractivity contribution in [2.24, 2.45) is 5.73 Å². The number of carboxylic acids is 4. The van der Waals surface area contributed by atoms with E-state index in [1.807, 2.05) is 0 Å². The van der Waals surface area contributed by atoms with E-state index in [0.29, 0.717) is 0 Å². The number of hydrogen-bond acceptors (Lipinski definition) is 6. The Bertz CT molecular complexity index is 363. The fourth-order valence-electron chi connectivity index (χ4n) is 1.70. The van der Waals surface area contributed by atoms with Crippen molar-refractivity contribution in [2.75, 3.05) is 13.1 Å². The average molecular weight is 292 g/mol. The van der Waals surface area contributed by atoms with Crippen LogP contribution in [0.25, 0.3) is 0 Å². The molecule has 0 aromatic carbocycles. The Labute approximate surface area is 113 Å². The maximum Gasteiger partial charge on any atom is 0.321 e.